The maximum absolute atomic E-state index is 13.1. The van der Waals surface area contributed by atoms with Gasteiger partial charge in [-0.15, -0.1) is 0 Å². The monoisotopic (exact) mass is 342 g/mol. The number of aromatic nitrogens is 3. The number of para-hydroxylation sites is 1. The Morgan fingerprint density at radius 3 is 2.70 bits per heavy atom. The van der Waals surface area contributed by atoms with Crippen molar-refractivity contribution in [2.45, 2.75) is 23.0 Å². The van der Waals surface area contributed by atoms with Crippen LogP contribution < -0.4 is 4.90 Å². The predicted octanol–water partition coefficient (Wildman–Crippen LogP) is 2.73. The molecular weight excluding hydrogens is 329 g/mol. The highest BCUT2D eigenvalue weighted by Gasteiger charge is 2.40. The van der Waals surface area contributed by atoms with Crippen LogP contribution in [0.1, 0.15) is 12.0 Å². The second-order valence-corrected chi connectivity index (χ2v) is 6.24. The number of anilines is 1. The second kappa shape index (κ2) is 5.88. The fraction of sp³-hybridized carbons (Fsp3) is 0.357. The number of nitrogens with zero attached hydrogens (tertiary/aromatic N) is 4. The van der Waals surface area contributed by atoms with Crippen molar-refractivity contribution in [1.29, 1.82) is 0 Å². The number of rotatable bonds is 3. The first-order valence-electron chi connectivity index (χ1n) is 6.86. The van der Waals surface area contributed by atoms with Gasteiger partial charge in [0.15, 0.2) is 5.16 Å². The molecule has 1 amide bonds. The van der Waals surface area contributed by atoms with Crippen LogP contribution in [0.15, 0.2) is 35.7 Å². The summed E-state index contributed by atoms with van der Waals surface area (Å²) in [6, 6.07) is 5.14. The van der Waals surface area contributed by atoms with E-state index in [4.69, 9.17) is 0 Å². The summed E-state index contributed by atoms with van der Waals surface area (Å²) in [6.45, 7) is 0.251. The lowest BCUT2D eigenvalue weighted by Gasteiger charge is -2.21. The van der Waals surface area contributed by atoms with Gasteiger partial charge in [-0.25, -0.2) is 9.67 Å². The number of alkyl halides is 3. The van der Waals surface area contributed by atoms with Gasteiger partial charge in [-0.2, -0.15) is 18.3 Å². The summed E-state index contributed by atoms with van der Waals surface area (Å²) in [7, 11) is 1.70. The number of aryl methyl sites for hydroxylation is 1. The quantitative estimate of drug-likeness (QED) is 0.861. The third kappa shape index (κ3) is 3.05. The number of carbonyl (C=O) groups excluding carboxylic acids is 1. The molecule has 5 nitrogen and oxygen atoms in total. The smallest absolute Gasteiger partial charge is 0.311 e. The summed E-state index contributed by atoms with van der Waals surface area (Å²) in [5.74, 6) is -0.338. The van der Waals surface area contributed by atoms with E-state index in [0.717, 1.165) is 6.07 Å². The van der Waals surface area contributed by atoms with Crippen molar-refractivity contribution in [3.05, 3.63) is 36.2 Å². The molecule has 1 fully saturated rings. The first kappa shape index (κ1) is 15.9. The molecule has 23 heavy (non-hydrogen) atoms. The lowest BCUT2D eigenvalue weighted by atomic mass is 10.1. The number of hydrogen-bond donors (Lipinski definition) is 0. The lowest BCUT2D eigenvalue weighted by molar-refractivity contribution is -0.137. The molecule has 3 rings (SSSR count). The van der Waals surface area contributed by atoms with E-state index in [1.807, 2.05) is 0 Å². The molecule has 0 saturated carbocycles. The Morgan fingerprint density at radius 1 is 1.30 bits per heavy atom. The Hall–Kier alpha value is -2.03. The summed E-state index contributed by atoms with van der Waals surface area (Å²) in [5, 5.41) is 4.02. The van der Waals surface area contributed by atoms with Crippen LogP contribution in [0.4, 0.5) is 18.9 Å². The van der Waals surface area contributed by atoms with Gasteiger partial charge in [0.05, 0.1) is 16.5 Å². The van der Waals surface area contributed by atoms with Crippen LogP contribution >= 0.6 is 11.8 Å². The van der Waals surface area contributed by atoms with Gasteiger partial charge in [-0.3, -0.25) is 4.79 Å². The molecule has 0 spiro atoms. The van der Waals surface area contributed by atoms with Gasteiger partial charge in [0.1, 0.15) is 6.33 Å². The second-order valence-electron chi connectivity index (χ2n) is 5.07. The summed E-state index contributed by atoms with van der Waals surface area (Å²) in [5.41, 5.74) is -0.885. The van der Waals surface area contributed by atoms with Gasteiger partial charge in [-0.1, -0.05) is 23.9 Å². The molecule has 1 unspecified atom stereocenters. The van der Waals surface area contributed by atoms with E-state index < -0.39 is 17.0 Å². The fourth-order valence-corrected chi connectivity index (χ4v) is 3.48. The highest BCUT2D eigenvalue weighted by Crippen LogP contribution is 2.39. The Kier molecular flexibility index (Phi) is 4.05. The van der Waals surface area contributed by atoms with Crippen molar-refractivity contribution in [3.63, 3.8) is 0 Å². The number of hydrogen-bond acceptors (Lipinski definition) is 4. The summed E-state index contributed by atoms with van der Waals surface area (Å²) in [6.07, 6.45) is -2.66. The summed E-state index contributed by atoms with van der Waals surface area (Å²) in [4.78, 5) is 17.7. The molecule has 1 atom stereocenters. The zero-order chi connectivity index (χ0) is 16.6. The van der Waals surface area contributed by atoms with E-state index in [1.165, 1.54) is 45.9 Å². The van der Waals surface area contributed by atoms with E-state index >= 15 is 0 Å². The highest BCUT2D eigenvalue weighted by atomic mass is 32.2. The molecule has 1 aromatic carbocycles. The van der Waals surface area contributed by atoms with Gasteiger partial charge in [0, 0.05) is 13.6 Å². The van der Waals surface area contributed by atoms with Crippen LogP contribution in [0.2, 0.25) is 0 Å². The number of halogens is 3. The number of carbonyl (C=O) groups is 1. The minimum absolute atomic E-state index is 0.0916. The van der Waals surface area contributed by atoms with Crippen LogP contribution in [0.25, 0.3) is 0 Å². The molecule has 1 aromatic heterocycles. The summed E-state index contributed by atoms with van der Waals surface area (Å²) >= 11 is 1.22. The van der Waals surface area contributed by atoms with E-state index in [1.54, 1.807) is 7.05 Å². The third-order valence-electron chi connectivity index (χ3n) is 3.57. The Bertz CT molecular complexity index is 731. The minimum Gasteiger partial charge on any atom is -0.311 e. The molecule has 0 radical (unpaired) electrons. The molecule has 0 N–H and O–H groups in total. The molecule has 2 aromatic rings. The molecule has 1 aliphatic rings. The van der Waals surface area contributed by atoms with E-state index in [-0.39, 0.29) is 18.1 Å². The van der Waals surface area contributed by atoms with Crippen LogP contribution in [0.5, 0.6) is 0 Å². The SMILES string of the molecule is Cn1ncnc1SC1CCN(c2ccccc2C(F)(F)F)C1=O. The van der Waals surface area contributed by atoms with Gasteiger partial charge >= 0.3 is 6.18 Å². The normalized spacial score (nSPS) is 18.7. The summed E-state index contributed by atoms with van der Waals surface area (Å²) < 4.78 is 40.9. The number of thioether (sulfide) groups is 1. The number of amides is 1. The predicted molar refractivity (Wildman–Crippen MR) is 79.1 cm³/mol. The van der Waals surface area contributed by atoms with Gasteiger partial charge in [-0.05, 0) is 18.6 Å². The largest absolute Gasteiger partial charge is 0.418 e. The topological polar surface area (TPSA) is 51.0 Å². The molecule has 122 valence electrons. The zero-order valence-corrected chi connectivity index (χ0v) is 12.9. The van der Waals surface area contributed by atoms with Crippen LogP contribution in [-0.2, 0) is 18.0 Å². The Morgan fingerprint density at radius 2 is 2.04 bits per heavy atom. The maximum atomic E-state index is 13.1. The van der Waals surface area contributed by atoms with Gasteiger partial charge in [0.25, 0.3) is 0 Å². The van der Waals surface area contributed by atoms with Crippen molar-refractivity contribution >= 4 is 23.4 Å². The van der Waals surface area contributed by atoms with E-state index in [0.29, 0.717) is 11.6 Å². The van der Waals surface area contributed by atoms with Crippen LogP contribution in [-0.4, -0.2) is 32.5 Å². The highest BCUT2D eigenvalue weighted by molar-refractivity contribution is 8.00. The molecule has 0 aliphatic carbocycles. The Labute approximate surface area is 134 Å². The molecule has 9 heteroatoms. The van der Waals surface area contributed by atoms with Gasteiger partial charge < -0.3 is 4.90 Å². The molecule has 1 aliphatic heterocycles. The first-order chi connectivity index (χ1) is 10.9. The van der Waals surface area contributed by atoms with Crippen molar-refractivity contribution in [2.24, 2.45) is 7.05 Å². The maximum Gasteiger partial charge on any atom is 0.418 e. The lowest BCUT2D eigenvalue weighted by Crippen LogP contribution is -2.30. The Balaban J connectivity index is 1.84. The molecule has 2 heterocycles. The molecular formula is C14H13F3N4OS. The minimum atomic E-state index is -4.49. The van der Waals surface area contributed by atoms with Crippen LogP contribution in [0, 0.1) is 0 Å². The zero-order valence-electron chi connectivity index (χ0n) is 12.1. The van der Waals surface area contributed by atoms with Crippen molar-refractivity contribution < 1.29 is 18.0 Å². The van der Waals surface area contributed by atoms with Crippen LogP contribution in [0.3, 0.4) is 0 Å². The van der Waals surface area contributed by atoms with E-state index in [2.05, 4.69) is 10.1 Å². The van der Waals surface area contributed by atoms with Crippen molar-refractivity contribution in [3.8, 4) is 0 Å². The van der Waals surface area contributed by atoms with Crippen molar-refractivity contribution in [1.82, 2.24) is 14.8 Å². The fourth-order valence-electron chi connectivity index (χ4n) is 2.47. The van der Waals surface area contributed by atoms with E-state index in [9.17, 15) is 18.0 Å². The van der Waals surface area contributed by atoms with Gasteiger partial charge in [0.2, 0.25) is 5.91 Å². The molecule has 1 saturated heterocycles. The standard InChI is InChI=1S/C14H13F3N4OS/c1-20-13(18-8-19-20)23-11-6-7-21(12(11)22)10-5-3-2-4-9(10)14(15,16)17/h2-5,8,11H,6-7H2,1H3. The average molecular weight is 342 g/mol. The average Bonchev–Trinajstić information content (AvgIpc) is 3.06. The third-order valence-corrected chi connectivity index (χ3v) is 4.88. The van der Waals surface area contributed by atoms with Crippen molar-refractivity contribution in [2.75, 3.05) is 11.4 Å². The first-order valence-corrected chi connectivity index (χ1v) is 7.74. The molecule has 0 bridgehead atoms. The number of benzene rings is 1.